The lowest BCUT2D eigenvalue weighted by Gasteiger charge is -2.30. The largest absolute Gasteiger partial charge is 0.395 e. The Labute approximate surface area is 119 Å². The van der Waals surface area contributed by atoms with Crippen LogP contribution >= 0.6 is 0 Å². The summed E-state index contributed by atoms with van der Waals surface area (Å²) in [6, 6.07) is 0.193. The molecule has 1 aliphatic rings. The molecule has 7 nitrogen and oxygen atoms in total. The van der Waals surface area contributed by atoms with E-state index < -0.39 is 0 Å². The third-order valence-electron chi connectivity index (χ3n) is 3.46. The van der Waals surface area contributed by atoms with Crippen LogP contribution in [0, 0.1) is 6.92 Å². The van der Waals surface area contributed by atoms with E-state index in [-0.39, 0.29) is 18.8 Å². The number of ether oxygens (including phenoxy) is 1. The molecule has 7 heteroatoms. The zero-order valence-electron chi connectivity index (χ0n) is 12.6. The van der Waals surface area contributed by atoms with Crippen LogP contribution in [0.25, 0.3) is 0 Å². The number of nitrogens with zero attached hydrogens (tertiary/aromatic N) is 5. The maximum atomic E-state index is 9.33. The van der Waals surface area contributed by atoms with Crippen LogP contribution in [-0.4, -0.2) is 66.1 Å². The normalized spacial score (nSPS) is 22.1. The van der Waals surface area contributed by atoms with Gasteiger partial charge in [0.1, 0.15) is 5.82 Å². The van der Waals surface area contributed by atoms with Gasteiger partial charge in [0.2, 0.25) is 11.9 Å². The van der Waals surface area contributed by atoms with Gasteiger partial charge >= 0.3 is 0 Å². The zero-order chi connectivity index (χ0) is 14.7. The van der Waals surface area contributed by atoms with Gasteiger partial charge in [0.15, 0.2) is 0 Å². The average Bonchev–Trinajstić information content (AvgIpc) is 2.81. The summed E-state index contributed by atoms with van der Waals surface area (Å²) >= 11 is 0. The average molecular weight is 281 g/mol. The van der Waals surface area contributed by atoms with Gasteiger partial charge < -0.3 is 19.6 Å². The molecule has 0 radical (unpaired) electrons. The number of aliphatic hydroxyl groups is 1. The van der Waals surface area contributed by atoms with Crippen molar-refractivity contribution in [2.24, 2.45) is 0 Å². The van der Waals surface area contributed by atoms with E-state index in [1.165, 1.54) is 0 Å². The van der Waals surface area contributed by atoms with Crippen LogP contribution in [0.3, 0.4) is 0 Å². The Hall–Kier alpha value is -1.47. The molecule has 1 aromatic rings. The van der Waals surface area contributed by atoms with Gasteiger partial charge in [-0.1, -0.05) is 0 Å². The first kappa shape index (κ1) is 14.9. The topological polar surface area (TPSA) is 74.6 Å². The lowest BCUT2D eigenvalue weighted by molar-refractivity contribution is 0.116. The van der Waals surface area contributed by atoms with Crippen LogP contribution in [0.4, 0.5) is 11.9 Å². The van der Waals surface area contributed by atoms with Crippen LogP contribution in [0.2, 0.25) is 0 Å². The summed E-state index contributed by atoms with van der Waals surface area (Å²) in [6.45, 7) is 5.19. The monoisotopic (exact) mass is 281 g/mol. The molecule has 0 saturated carbocycles. The van der Waals surface area contributed by atoms with Gasteiger partial charge in [0.25, 0.3) is 0 Å². The predicted octanol–water partition coefficient (Wildman–Crippen LogP) is 0.222. The van der Waals surface area contributed by atoms with Crippen molar-refractivity contribution < 1.29 is 9.84 Å². The van der Waals surface area contributed by atoms with Gasteiger partial charge in [-0.2, -0.15) is 15.0 Å². The van der Waals surface area contributed by atoms with Gasteiger partial charge in [-0.05, 0) is 20.3 Å². The molecule has 112 valence electrons. The number of aryl methyl sites for hydroxylation is 1. The molecule has 1 saturated heterocycles. The standard InChI is InChI=1S/C13H23N5O2/c1-9-11(5-8-20-9)18(6-7-19)13-15-10(2)14-12(16-13)17(3)4/h9,11,19H,5-8H2,1-4H3/t9-,11+/m1/s1. The Morgan fingerprint density at radius 2 is 1.95 bits per heavy atom. The minimum atomic E-state index is 0.0608. The van der Waals surface area contributed by atoms with Crippen LogP contribution < -0.4 is 9.80 Å². The molecular weight excluding hydrogens is 258 g/mol. The van der Waals surface area contributed by atoms with Crippen molar-refractivity contribution in [3.63, 3.8) is 0 Å². The molecule has 0 unspecified atom stereocenters. The second-order valence-corrected chi connectivity index (χ2v) is 5.23. The van der Waals surface area contributed by atoms with Crippen LogP contribution in [-0.2, 0) is 4.74 Å². The van der Waals surface area contributed by atoms with E-state index in [1.807, 2.05) is 37.7 Å². The van der Waals surface area contributed by atoms with Crippen molar-refractivity contribution in [3.05, 3.63) is 5.82 Å². The molecule has 1 aromatic heterocycles. The maximum Gasteiger partial charge on any atom is 0.230 e. The molecule has 2 atom stereocenters. The first-order chi connectivity index (χ1) is 9.52. The molecule has 2 heterocycles. The number of hydrogen-bond donors (Lipinski definition) is 1. The second-order valence-electron chi connectivity index (χ2n) is 5.23. The van der Waals surface area contributed by atoms with E-state index in [9.17, 15) is 5.11 Å². The summed E-state index contributed by atoms with van der Waals surface area (Å²) in [7, 11) is 3.80. The van der Waals surface area contributed by atoms with Gasteiger partial charge in [0.05, 0.1) is 18.8 Å². The maximum absolute atomic E-state index is 9.33. The van der Waals surface area contributed by atoms with Gasteiger partial charge in [-0.25, -0.2) is 0 Å². The number of rotatable bonds is 5. The van der Waals surface area contributed by atoms with E-state index in [1.54, 1.807) is 0 Å². The van der Waals surface area contributed by atoms with Gasteiger partial charge in [-0.15, -0.1) is 0 Å². The van der Waals surface area contributed by atoms with Crippen molar-refractivity contribution in [1.29, 1.82) is 0 Å². The van der Waals surface area contributed by atoms with Crippen molar-refractivity contribution in [2.75, 3.05) is 43.7 Å². The number of hydrogen-bond acceptors (Lipinski definition) is 7. The van der Waals surface area contributed by atoms with Gasteiger partial charge in [0, 0.05) is 27.2 Å². The molecule has 2 rings (SSSR count). The summed E-state index contributed by atoms with van der Waals surface area (Å²) < 4.78 is 5.62. The fourth-order valence-electron chi connectivity index (χ4n) is 2.43. The van der Waals surface area contributed by atoms with E-state index in [0.717, 1.165) is 13.0 Å². The summed E-state index contributed by atoms with van der Waals surface area (Å²) in [5.74, 6) is 1.91. The first-order valence-electron chi connectivity index (χ1n) is 6.92. The minimum Gasteiger partial charge on any atom is -0.395 e. The lowest BCUT2D eigenvalue weighted by atomic mass is 10.1. The van der Waals surface area contributed by atoms with Gasteiger partial charge in [-0.3, -0.25) is 0 Å². The Kier molecular flexibility index (Phi) is 4.72. The Bertz CT molecular complexity index is 454. The summed E-state index contributed by atoms with van der Waals surface area (Å²) in [5.41, 5.74) is 0. The van der Waals surface area contributed by atoms with Crippen molar-refractivity contribution in [3.8, 4) is 0 Å². The minimum absolute atomic E-state index is 0.0608. The molecule has 1 N–H and O–H groups in total. The molecule has 0 amide bonds. The second kappa shape index (κ2) is 6.32. The summed E-state index contributed by atoms with van der Waals surface area (Å²) in [6.07, 6.45) is 1.03. The highest BCUT2D eigenvalue weighted by molar-refractivity contribution is 5.39. The predicted molar refractivity (Wildman–Crippen MR) is 77.1 cm³/mol. The molecule has 1 aliphatic heterocycles. The molecule has 0 bridgehead atoms. The highest BCUT2D eigenvalue weighted by Crippen LogP contribution is 2.24. The Balaban J connectivity index is 2.33. The van der Waals surface area contributed by atoms with E-state index >= 15 is 0 Å². The van der Waals surface area contributed by atoms with E-state index in [2.05, 4.69) is 15.0 Å². The molecule has 0 aliphatic carbocycles. The fraction of sp³-hybridized carbons (Fsp3) is 0.769. The van der Waals surface area contributed by atoms with E-state index in [0.29, 0.717) is 24.3 Å². The molecule has 0 aromatic carbocycles. The zero-order valence-corrected chi connectivity index (χ0v) is 12.6. The third kappa shape index (κ3) is 3.16. The highest BCUT2D eigenvalue weighted by atomic mass is 16.5. The number of aromatic nitrogens is 3. The summed E-state index contributed by atoms with van der Waals surface area (Å²) in [4.78, 5) is 17.1. The molecular formula is C13H23N5O2. The smallest absolute Gasteiger partial charge is 0.230 e. The SMILES string of the molecule is Cc1nc(N(C)C)nc(N(CCO)[C@H]2CCO[C@@H]2C)n1. The van der Waals surface area contributed by atoms with Crippen LogP contribution in [0.1, 0.15) is 19.2 Å². The first-order valence-corrected chi connectivity index (χ1v) is 6.92. The fourth-order valence-corrected chi connectivity index (χ4v) is 2.43. The Morgan fingerprint density at radius 3 is 2.50 bits per heavy atom. The van der Waals surface area contributed by atoms with Crippen LogP contribution in [0.5, 0.6) is 0 Å². The molecule has 1 fully saturated rings. The Morgan fingerprint density at radius 1 is 1.25 bits per heavy atom. The lowest BCUT2D eigenvalue weighted by Crippen LogP contribution is -2.43. The third-order valence-corrected chi connectivity index (χ3v) is 3.46. The highest BCUT2D eigenvalue weighted by Gasteiger charge is 2.31. The number of aliphatic hydroxyl groups excluding tert-OH is 1. The van der Waals surface area contributed by atoms with Crippen molar-refractivity contribution in [1.82, 2.24) is 15.0 Å². The molecule has 0 spiro atoms. The van der Waals surface area contributed by atoms with Crippen LogP contribution in [0.15, 0.2) is 0 Å². The molecule has 20 heavy (non-hydrogen) atoms. The quantitative estimate of drug-likeness (QED) is 0.827. The van der Waals surface area contributed by atoms with Crippen molar-refractivity contribution >= 4 is 11.9 Å². The summed E-state index contributed by atoms with van der Waals surface area (Å²) in [5, 5.41) is 9.33. The number of anilines is 2. The van der Waals surface area contributed by atoms with Crippen molar-refractivity contribution in [2.45, 2.75) is 32.4 Å². The van der Waals surface area contributed by atoms with E-state index in [4.69, 9.17) is 4.74 Å².